The average Bonchev–Trinajstić information content (AvgIpc) is 3.52. The molecule has 30 heavy (non-hydrogen) atoms. The standard InChI is InChI=1S/C21H18N.C5H5.CH3Cl.Hf/c1-2-8-16-14-17(13-15(16)7-1)22-20-11-5-3-9-18(20)19-10-4-6-12-21(19)22;1-2-4-5-3-1;1-2;/h1-3,5,7-9,11,13-14H,4,6,10,12H2;1-3H,4H2;1H3;. The average molecular weight is 578 g/mol. The summed E-state index contributed by atoms with van der Waals surface area (Å²) in [5.41, 5.74) is 9.24. The van der Waals surface area contributed by atoms with Gasteiger partial charge in [0.05, 0.1) is 0 Å². The van der Waals surface area contributed by atoms with Crippen LogP contribution in [-0.4, -0.2) is 11.0 Å². The molecule has 0 amide bonds. The zero-order chi connectivity index (χ0) is 20.5. The van der Waals surface area contributed by atoms with Crippen LogP contribution < -0.4 is 0 Å². The maximum atomic E-state index is 4.64. The van der Waals surface area contributed by atoms with Crippen molar-refractivity contribution in [2.75, 3.05) is 6.38 Å². The third kappa shape index (κ3) is 3.42. The molecule has 0 saturated carbocycles. The van der Waals surface area contributed by atoms with E-state index in [2.05, 4.69) is 89.0 Å². The van der Waals surface area contributed by atoms with Gasteiger partial charge in [-0.15, -0.1) is 11.6 Å². The van der Waals surface area contributed by atoms with Crippen molar-refractivity contribution in [3.8, 4) is 0 Å². The van der Waals surface area contributed by atoms with Crippen LogP contribution in [0.5, 0.6) is 0 Å². The summed E-state index contributed by atoms with van der Waals surface area (Å²) in [5, 5.41) is 1.49. The Hall–Kier alpha value is -1.64. The second-order valence-corrected chi connectivity index (χ2v) is 13.5. The molecule has 0 radical (unpaired) electrons. The Kier molecular flexibility index (Phi) is 5.98. The van der Waals surface area contributed by atoms with Gasteiger partial charge in [-0.2, -0.15) is 0 Å². The Labute approximate surface area is 195 Å². The second-order valence-electron chi connectivity index (χ2n) is 8.08. The van der Waals surface area contributed by atoms with Gasteiger partial charge in [0, 0.05) is 6.38 Å². The number of para-hydroxylation sites is 1. The van der Waals surface area contributed by atoms with E-state index < -0.39 is 22.9 Å². The van der Waals surface area contributed by atoms with E-state index in [0.29, 0.717) is 3.67 Å². The molecule has 1 heterocycles. The van der Waals surface area contributed by atoms with Crippen molar-refractivity contribution in [1.82, 2.24) is 4.57 Å². The van der Waals surface area contributed by atoms with Crippen LogP contribution in [0, 0.1) is 0 Å². The molecule has 3 heteroatoms. The van der Waals surface area contributed by atoms with Gasteiger partial charge in [0.25, 0.3) is 0 Å². The van der Waals surface area contributed by atoms with Crippen molar-refractivity contribution in [3.63, 3.8) is 0 Å². The topological polar surface area (TPSA) is 4.93 Å². The van der Waals surface area contributed by atoms with Crippen LogP contribution in [0.15, 0.2) is 70.1 Å². The van der Waals surface area contributed by atoms with Crippen molar-refractivity contribution in [2.24, 2.45) is 0 Å². The Balaban J connectivity index is 0.000000937. The van der Waals surface area contributed by atoms with Crippen molar-refractivity contribution in [2.45, 2.75) is 35.8 Å². The van der Waals surface area contributed by atoms with Crippen molar-refractivity contribution in [3.05, 3.63) is 92.5 Å². The molecule has 3 aliphatic carbocycles. The molecule has 1 unspecified atom stereocenters. The van der Waals surface area contributed by atoms with E-state index in [9.17, 15) is 0 Å². The number of aryl methyl sites for hydroxylation is 1. The largest absolute Gasteiger partial charge is 0.130 e. The predicted molar refractivity (Wildman–Crippen MR) is 126 cm³/mol. The number of halogens is 1. The Bertz CT molecular complexity index is 1180. The van der Waals surface area contributed by atoms with Crippen LogP contribution in [-0.2, 0) is 35.7 Å². The predicted octanol–water partition coefficient (Wildman–Crippen LogP) is 7.35. The van der Waals surface area contributed by atoms with Crippen LogP contribution in [0.4, 0.5) is 0 Å². The molecule has 1 aromatic heterocycles. The van der Waals surface area contributed by atoms with E-state index in [1.807, 2.05) is 0 Å². The van der Waals surface area contributed by atoms with Crippen molar-refractivity contribution < 1.29 is 22.9 Å². The van der Waals surface area contributed by atoms with E-state index >= 15 is 0 Å². The van der Waals surface area contributed by atoms with Crippen LogP contribution in [0.2, 0.25) is 0 Å². The van der Waals surface area contributed by atoms with Crippen molar-refractivity contribution in [1.29, 1.82) is 0 Å². The number of alkyl halides is 1. The quantitative estimate of drug-likeness (QED) is 0.226. The molecule has 0 spiro atoms. The summed E-state index contributed by atoms with van der Waals surface area (Å²) in [4.78, 5) is 0. The third-order valence-electron chi connectivity index (χ3n) is 6.44. The molecule has 1 nitrogen and oxygen atoms in total. The number of allylic oxidation sites excluding steroid dienone is 5. The molecular weight excluding hydrogens is 552 g/mol. The molecule has 0 bridgehead atoms. The third-order valence-corrected chi connectivity index (χ3v) is 12.3. The Morgan fingerprint density at radius 2 is 1.77 bits per heavy atom. The summed E-state index contributed by atoms with van der Waals surface area (Å²) in [7, 11) is 0. The molecule has 3 aromatic rings. The van der Waals surface area contributed by atoms with Crippen LogP contribution in [0.3, 0.4) is 0 Å². The second kappa shape index (κ2) is 8.85. The van der Waals surface area contributed by atoms with Crippen molar-refractivity contribution >= 4 is 34.3 Å². The summed E-state index contributed by atoms with van der Waals surface area (Å²) in [6.07, 6.45) is 17.3. The van der Waals surface area contributed by atoms with Gasteiger partial charge in [-0.1, -0.05) is 0 Å². The van der Waals surface area contributed by atoms with E-state index in [4.69, 9.17) is 0 Å². The van der Waals surface area contributed by atoms with Crippen LogP contribution >= 0.6 is 11.6 Å². The zero-order valence-electron chi connectivity index (χ0n) is 17.4. The summed E-state index contributed by atoms with van der Waals surface area (Å²) in [6.45, 7) is 0. The molecule has 0 aliphatic heterocycles. The van der Waals surface area contributed by atoms with E-state index in [-0.39, 0.29) is 0 Å². The minimum absolute atomic E-state index is 0.643. The van der Waals surface area contributed by atoms with E-state index in [1.165, 1.54) is 55.0 Å². The molecule has 1 atom stereocenters. The van der Waals surface area contributed by atoms with Gasteiger partial charge >= 0.3 is 178 Å². The van der Waals surface area contributed by atoms with Gasteiger partial charge in [0.15, 0.2) is 0 Å². The fourth-order valence-corrected chi connectivity index (χ4v) is 10.9. The molecule has 0 saturated heterocycles. The molecule has 0 N–H and O–H groups in total. The fraction of sp³-hybridized carbons (Fsp3) is 0.259. The molecule has 2 aromatic carbocycles. The molecule has 150 valence electrons. The number of hydrogen-bond donors (Lipinski definition) is 0. The first-order chi connectivity index (χ1) is 14.9. The number of rotatable bonds is 3. The summed E-state index contributed by atoms with van der Waals surface area (Å²) in [5.74, 6) is 0. The fourth-order valence-electron chi connectivity index (χ4n) is 5.18. The monoisotopic (exact) mass is 579 g/mol. The molecule has 6 rings (SSSR count). The minimum atomic E-state index is -1.00. The van der Waals surface area contributed by atoms with Crippen LogP contribution in [0.1, 0.15) is 45.3 Å². The summed E-state index contributed by atoms with van der Waals surface area (Å²) >= 11 is 3.64. The summed E-state index contributed by atoms with van der Waals surface area (Å²) in [6, 6.07) is 18.3. The van der Waals surface area contributed by atoms with Gasteiger partial charge in [-0.3, -0.25) is 0 Å². The SMILES string of the molecule is C1=CC[C]([Hf][CH]2C(n3c4c(c5ccccc53)CCCC4)=Cc3ccccc32)=C1.CCl. The zero-order valence-corrected chi connectivity index (χ0v) is 21.7. The molecular formula is C27H26ClHfN. The van der Waals surface area contributed by atoms with E-state index in [0.717, 1.165) is 0 Å². The first-order valence-corrected chi connectivity index (χ1v) is 15.4. The minimum Gasteiger partial charge on any atom is -0.130 e. The van der Waals surface area contributed by atoms with Crippen LogP contribution in [0.25, 0.3) is 22.7 Å². The maximum absolute atomic E-state index is 4.64. The number of fused-ring (bicyclic) bond motifs is 4. The Morgan fingerprint density at radius 1 is 0.967 bits per heavy atom. The van der Waals surface area contributed by atoms with Gasteiger partial charge in [0.1, 0.15) is 0 Å². The van der Waals surface area contributed by atoms with Gasteiger partial charge in [0.2, 0.25) is 0 Å². The Morgan fingerprint density at radius 3 is 2.63 bits per heavy atom. The first kappa shape index (κ1) is 20.3. The number of aromatic nitrogens is 1. The van der Waals surface area contributed by atoms with Gasteiger partial charge in [-0.25, -0.2) is 0 Å². The maximum Gasteiger partial charge on any atom is 0.0108 e. The smallest absolute Gasteiger partial charge is 0.0108 e. The number of nitrogens with zero attached hydrogens (tertiary/aromatic N) is 1. The molecule has 3 aliphatic rings. The number of benzene rings is 2. The van der Waals surface area contributed by atoms with Gasteiger partial charge < -0.3 is 0 Å². The van der Waals surface area contributed by atoms with Gasteiger partial charge in [-0.05, 0) is 0 Å². The number of hydrogen-bond acceptors (Lipinski definition) is 0. The normalized spacial score (nSPS) is 18.9. The summed E-state index contributed by atoms with van der Waals surface area (Å²) < 4.78 is 5.08. The first-order valence-electron chi connectivity index (χ1n) is 10.8. The van der Waals surface area contributed by atoms with E-state index in [1.54, 1.807) is 25.8 Å². The molecule has 0 fully saturated rings.